The number of hydrogen-bond donors (Lipinski definition) is 3. The number of rotatable bonds is 9. The Morgan fingerprint density at radius 1 is 1.27 bits per heavy atom. The lowest BCUT2D eigenvalue weighted by Crippen LogP contribution is -2.36. The molecule has 33 heavy (non-hydrogen) atoms. The zero-order valence-electron chi connectivity index (χ0n) is 19.9. The van der Waals surface area contributed by atoms with Gasteiger partial charge in [0.2, 0.25) is 0 Å². The molecule has 1 unspecified atom stereocenters. The van der Waals surface area contributed by atoms with E-state index in [1.165, 1.54) is 35.3 Å². The Bertz CT molecular complexity index is 1060. The molecular formula is C27H35N5O. The fraction of sp³-hybridized carbons (Fsp3) is 0.444. The Hall–Kier alpha value is -2.99. The maximum Gasteiger partial charge on any atom is 0.258 e. The smallest absolute Gasteiger partial charge is 0.258 e. The molecule has 0 saturated heterocycles. The van der Waals surface area contributed by atoms with Crippen LogP contribution < -0.4 is 10.2 Å². The summed E-state index contributed by atoms with van der Waals surface area (Å²) in [5.41, 5.74) is 6.22. The van der Waals surface area contributed by atoms with Gasteiger partial charge in [-0.05, 0) is 72.6 Å². The third kappa shape index (κ3) is 4.86. The molecule has 2 aromatic carbocycles. The van der Waals surface area contributed by atoms with Gasteiger partial charge in [-0.3, -0.25) is 15.6 Å². The molecule has 4 rings (SSSR count). The normalized spacial score (nSPS) is 16.3. The number of carbonyl (C=O) groups excluding carboxylic acids is 1. The van der Waals surface area contributed by atoms with Crippen molar-refractivity contribution in [3.63, 3.8) is 0 Å². The molecule has 0 spiro atoms. The van der Waals surface area contributed by atoms with Gasteiger partial charge in [0.25, 0.3) is 5.91 Å². The van der Waals surface area contributed by atoms with Gasteiger partial charge in [-0.25, -0.2) is 0 Å². The van der Waals surface area contributed by atoms with Crippen LogP contribution >= 0.6 is 0 Å². The maximum absolute atomic E-state index is 13.4. The average molecular weight is 446 g/mol. The number of anilines is 1. The van der Waals surface area contributed by atoms with Crippen LogP contribution in [0.1, 0.15) is 65.7 Å². The summed E-state index contributed by atoms with van der Waals surface area (Å²) in [4.78, 5) is 16.8. The first-order valence-corrected chi connectivity index (χ1v) is 12.0. The third-order valence-electron chi connectivity index (χ3n) is 7.27. The Morgan fingerprint density at radius 3 is 2.73 bits per heavy atom. The number of nitrogens with one attached hydrogen (secondary N) is 3. The molecule has 1 heterocycles. The lowest BCUT2D eigenvalue weighted by Gasteiger charge is -2.32. The first-order valence-electron chi connectivity index (χ1n) is 12.0. The standard InChI is InChI=1S/C27H35N5O/c1-4-21-11-20(15-30-18(2)22-8-6-9-22)13-24-25(21)16-32(27(24)33)23-10-5-7-19(12-23)14-26(29)31(3)17-28/h5,7,10-13,17-18,22,28-30H,4,6,8-9,14-16H2,1-3H3. The maximum atomic E-state index is 13.4. The van der Waals surface area contributed by atoms with Crippen molar-refractivity contribution in [1.82, 2.24) is 10.2 Å². The molecule has 1 fully saturated rings. The van der Waals surface area contributed by atoms with E-state index in [9.17, 15) is 4.79 Å². The number of amidine groups is 1. The highest BCUT2D eigenvalue weighted by Crippen LogP contribution is 2.33. The molecule has 6 heteroatoms. The molecule has 0 aromatic heterocycles. The number of nitrogens with zero attached hydrogens (tertiary/aromatic N) is 2. The number of fused-ring (bicyclic) bond motifs is 1. The molecule has 1 saturated carbocycles. The molecule has 3 N–H and O–H groups in total. The first kappa shape index (κ1) is 23.2. The van der Waals surface area contributed by atoms with E-state index in [2.05, 4.69) is 31.3 Å². The zero-order valence-corrected chi connectivity index (χ0v) is 19.9. The largest absolute Gasteiger partial charge is 0.325 e. The van der Waals surface area contributed by atoms with Gasteiger partial charge in [-0.2, -0.15) is 0 Å². The average Bonchev–Trinajstić information content (AvgIpc) is 3.12. The van der Waals surface area contributed by atoms with Crippen LogP contribution in [-0.2, 0) is 25.9 Å². The number of hydrogen-bond acceptors (Lipinski definition) is 4. The second kappa shape index (κ2) is 9.87. The number of amides is 1. The lowest BCUT2D eigenvalue weighted by atomic mass is 9.80. The van der Waals surface area contributed by atoms with Crippen LogP contribution in [0.3, 0.4) is 0 Å². The Morgan fingerprint density at radius 2 is 2.06 bits per heavy atom. The van der Waals surface area contributed by atoms with Crippen LogP contribution in [0.2, 0.25) is 0 Å². The summed E-state index contributed by atoms with van der Waals surface area (Å²) >= 11 is 0. The number of aryl methyl sites for hydroxylation is 1. The van der Waals surface area contributed by atoms with Crippen molar-refractivity contribution in [2.24, 2.45) is 5.92 Å². The van der Waals surface area contributed by atoms with Crippen molar-refractivity contribution in [1.29, 1.82) is 10.8 Å². The van der Waals surface area contributed by atoms with Gasteiger partial charge in [0.05, 0.1) is 12.9 Å². The van der Waals surface area contributed by atoms with Crippen LogP contribution in [-0.4, -0.2) is 36.1 Å². The molecule has 1 atom stereocenters. The monoisotopic (exact) mass is 445 g/mol. The highest BCUT2D eigenvalue weighted by Gasteiger charge is 2.31. The molecule has 1 aliphatic heterocycles. The lowest BCUT2D eigenvalue weighted by molar-refractivity contribution is 0.0996. The topological polar surface area (TPSA) is 83.3 Å². The molecule has 0 radical (unpaired) electrons. The van der Waals surface area contributed by atoms with E-state index in [1.54, 1.807) is 7.05 Å². The highest BCUT2D eigenvalue weighted by molar-refractivity contribution is 6.10. The summed E-state index contributed by atoms with van der Waals surface area (Å²) in [5.74, 6) is 1.19. The van der Waals surface area contributed by atoms with Gasteiger partial charge in [0.1, 0.15) is 5.84 Å². The van der Waals surface area contributed by atoms with Gasteiger partial charge in [-0.1, -0.05) is 31.5 Å². The second-order valence-corrected chi connectivity index (χ2v) is 9.42. The van der Waals surface area contributed by atoms with Crippen LogP contribution in [0, 0.1) is 16.7 Å². The van der Waals surface area contributed by atoms with Crippen molar-refractivity contribution in [2.45, 2.75) is 65.1 Å². The van der Waals surface area contributed by atoms with Gasteiger partial charge >= 0.3 is 0 Å². The van der Waals surface area contributed by atoms with E-state index < -0.39 is 0 Å². The Labute approximate surface area is 197 Å². The van der Waals surface area contributed by atoms with E-state index in [0.717, 1.165) is 47.6 Å². The van der Waals surface area contributed by atoms with E-state index in [-0.39, 0.29) is 5.91 Å². The summed E-state index contributed by atoms with van der Waals surface area (Å²) in [6.07, 6.45) is 6.46. The quantitative estimate of drug-likeness (QED) is 0.385. The molecule has 6 nitrogen and oxygen atoms in total. The fourth-order valence-corrected chi connectivity index (χ4v) is 4.79. The number of carbonyl (C=O) groups is 1. The molecule has 1 amide bonds. The third-order valence-corrected chi connectivity index (χ3v) is 7.27. The van der Waals surface area contributed by atoms with Crippen molar-refractivity contribution in [3.8, 4) is 0 Å². The summed E-state index contributed by atoms with van der Waals surface area (Å²) in [5, 5.41) is 19.1. The minimum Gasteiger partial charge on any atom is -0.325 e. The molecule has 1 aliphatic carbocycles. The Kier molecular flexibility index (Phi) is 6.94. The predicted octanol–water partition coefficient (Wildman–Crippen LogP) is 4.75. The number of benzene rings is 2. The summed E-state index contributed by atoms with van der Waals surface area (Å²) in [7, 11) is 1.70. The SMILES string of the molecule is CCc1cc(CNC(C)C2CCC2)cc2c1CN(c1cccc(CC(=N)N(C)C=N)c1)C2=O. The minimum absolute atomic E-state index is 0.0532. The number of likely N-dealkylation sites (N-methyl/N-ethyl adjacent to an activating group) is 1. The first-order chi connectivity index (χ1) is 15.9. The van der Waals surface area contributed by atoms with Crippen molar-refractivity contribution >= 4 is 23.8 Å². The second-order valence-electron chi connectivity index (χ2n) is 9.42. The van der Waals surface area contributed by atoms with Crippen LogP contribution in [0.4, 0.5) is 5.69 Å². The molecule has 2 aliphatic rings. The van der Waals surface area contributed by atoms with Crippen LogP contribution in [0.5, 0.6) is 0 Å². The summed E-state index contributed by atoms with van der Waals surface area (Å²) in [6, 6.07) is 12.7. The van der Waals surface area contributed by atoms with Gasteiger partial charge in [0.15, 0.2) is 0 Å². The van der Waals surface area contributed by atoms with Crippen molar-refractivity contribution < 1.29 is 4.79 Å². The molecule has 2 aromatic rings. The predicted molar refractivity (Wildman–Crippen MR) is 134 cm³/mol. The van der Waals surface area contributed by atoms with Gasteiger partial charge in [0, 0.05) is 37.3 Å². The zero-order chi connectivity index (χ0) is 23.5. The van der Waals surface area contributed by atoms with Crippen LogP contribution in [0.25, 0.3) is 0 Å². The summed E-state index contributed by atoms with van der Waals surface area (Å²) < 4.78 is 0. The highest BCUT2D eigenvalue weighted by atomic mass is 16.2. The fourth-order valence-electron chi connectivity index (χ4n) is 4.79. The van der Waals surface area contributed by atoms with E-state index in [4.69, 9.17) is 10.8 Å². The van der Waals surface area contributed by atoms with E-state index in [0.29, 0.717) is 24.8 Å². The van der Waals surface area contributed by atoms with E-state index in [1.807, 2.05) is 29.2 Å². The summed E-state index contributed by atoms with van der Waals surface area (Å²) in [6.45, 7) is 5.81. The Balaban J connectivity index is 1.52. The van der Waals surface area contributed by atoms with Crippen LogP contribution in [0.15, 0.2) is 36.4 Å². The molecule has 0 bridgehead atoms. The molecule has 174 valence electrons. The van der Waals surface area contributed by atoms with Gasteiger partial charge < -0.3 is 15.1 Å². The minimum atomic E-state index is 0.0532. The van der Waals surface area contributed by atoms with Crippen molar-refractivity contribution in [2.75, 3.05) is 11.9 Å². The van der Waals surface area contributed by atoms with Gasteiger partial charge in [-0.15, -0.1) is 0 Å². The van der Waals surface area contributed by atoms with Crippen molar-refractivity contribution in [3.05, 3.63) is 64.2 Å². The van der Waals surface area contributed by atoms with E-state index >= 15 is 0 Å². The molecular weight excluding hydrogens is 410 g/mol.